The van der Waals surface area contributed by atoms with Crippen LogP contribution in [0.4, 0.5) is 5.82 Å². The Morgan fingerprint density at radius 2 is 2.05 bits per heavy atom. The highest BCUT2D eigenvalue weighted by Gasteiger charge is 2.11. The van der Waals surface area contributed by atoms with Crippen molar-refractivity contribution in [1.82, 2.24) is 4.98 Å². The molecule has 0 saturated heterocycles. The Balaban J connectivity index is 1.83. The molecule has 2 heterocycles. The highest BCUT2D eigenvalue weighted by molar-refractivity contribution is 9.10. The summed E-state index contributed by atoms with van der Waals surface area (Å²) in [5, 5.41) is 2.66. The van der Waals surface area contributed by atoms with E-state index in [1.54, 1.807) is 24.4 Å². The maximum atomic E-state index is 11.9. The lowest BCUT2D eigenvalue weighted by Gasteiger charge is -2.03. The molecule has 0 fully saturated rings. The van der Waals surface area contributed by atoms with Crippen LogP contribution in [0.5, 0.6) is 0 Å². The van der Waals surface area contributed by atoms with Crippen LogP contribution in [0.1, 0.15) is 27.4 Å². The van der Waals surface area contributed by atoms with Gasteiger partial charge in [0, 0.05) is 28.4 Å². The van der Waals surface area contributed by atoms with Gasteiger partial charge in [0.25, 0.3) is 0 Å². The van der Waals surface area contributed by atoms with Gasteiger partial charge in [-0.05, 0) is 47.1 Å². The number of thiophene rings is 1. The fourth-order valence-electron chi connectivity index (χ4n) is 1.59. The second-order valence-electron chi connectivity index (χ2n) is 4.24. The zero-order valence-corrected chi connectivity index (χ0v) is 13.3. The van der Waals surface area contributed by atoms with Gasteiger partial charge in [0.05, 0.1) is 4.88 Å². The third-order valence-corrected chi connectivity index (χ3v) is 4.10. The topological polar surface area (TPSA) is 59.1 Å². The van der Waals surface area contributed by atoms with Crippen LogP contribution in [0.25, 0.3) is 0 Å². The van der Waals surface area contributed by atoms with Crippen molar-refractivity contribution in [3.63, 3.8) is 0 Å². The number of Topliss-reactive ketones (excluding diaryl/α,β-unsaturated/α-hetero) is 1. The first-order valence-corrected chi connectivity index (χ1v) is 7.66. The molecule has 6 heteroatoms. The summed E-state index contributed by atoms with van der Waals surface area (Å²) in [7, 11) is 0. The van der Waals surface area contributed by atoms with Gasteiger partial charge in [0.15, 0.2) is 5.78 Å². The average molecular weight is 353 g/mol. The van der Waals surface area contributed by atoms with E-state index in [1.165, 1.54) is 11.3 Å². The zero-order chi connectivity index (χ0) is 14.5. The zero-order valence-electron chi connectivity index (χ0n) is 10.9. The summed E-state index contributed by atoms with van der Waals surface area (Å²) in [5.74, 6) is 0.279. The number of hydrogen-bond acceptors (Lipinski definition) is 4. The van der Waals surface area contributed by atoms with Crippen LogP contribution in [0.2, 0.25) is 0 Å². The standard InChI is InChI=1S/C14H13BrN2O2S/c1-9-2-5-12(20-9)11(18)4-7-14(19)17-13-6-3-10(15)8-16-13/h2-3,5-6,8H,4,7H2,1H3,(H,16,17,19). The third kappa shape index (κ3) is 4.25. The Kier molecular flexibility index (Phi) is 5.03. The number of rotatable bonds is 5. The molecule has 2 aromatic heterocycles. The van der Waals surface area contributed by atoms with E-state index in [2.05, 4.69) is 26.2 Å². The number of amides is 1. The third-order valence-electron chi connectivity index (χ3n) is 2.59. The summed E-state index contributed by atoms with van der Waals surface area (Å²) in [4.78, 5) is 29.4. The van der Waals surface area contributed by atoms with E-state index in [4.69, 9.17) is 0 Å². The number of ketones is 1. The van der Waals surface area contributed by atoms with Gasteiger partial charge < -0.3 is 5.32 Å². The molecule has 1 N–H and O–H groups in total. The molecule has 0 spiro atoms. The van der Waals surface area contributed by atoms with E-state index in [0.717, 1.165) is 9.35 Å². The Bertz CT molecular complexity index is 622. The lowest BCUT2D eigenvalue weighted by molar-refractivity contribution is -0.116. The van der Waals surface area contributed by atoms with Gasteiger partial charge in [-0.15, -0.1) is 11.3 Å². The summed E-state index contributed by atoms with van der Waals surface area (Å²) in [5.41, 5.74) is 0. The van der Waals surface area contributed by atoms with Crippen molar-refractivity contribution < 1.29 is 9.59 Å². The van der Waals surface area contributed by atoms with E-state index >= 15 is 0 Å². The Labute approximate surface area is 129 Å². The first-order valence-electron chi connectivity index (χ1n) is 6.05. The maximum absolute atomic E-state index is 11.9. The van der Waals surface area contributed by atoms with E-state index in [9.17, 15) is 9.59 Å². The first kappa shape index (κ1) is 14.9. The Morgan fingerprint density at radius 3 is 2.65 bits per heavy atom. The molecule has 0 saturated carbocycles. The molecule has 104 valence electrons. The fraction of sp³-hybridized carbons (Fsp3) is 0.214. The highest BCUT2D eigenvalue weighted by atomic mass is 79.9. The summed E-state index contributed by atoms with van der Waals surface area (Å²) >= 11 is 4.72. The van der Waals surface area contributed by atoms with E-state index in [-0.39, 0.29) is 24.5 Å². The van der Waals surface area contributed by atoms with Gasteiger partial charge in [-0.1, -0.05) is 0 Å². The molecule has 0 atom stereocenters. The maximum Gasteiger partial charge on any atom is 0.225 e. The Morgan fingerprint density at radius 1 is 1.25 bits per heavy atom. The molecule has 2 rings (SSSR count). The van der Waals surface area contributed by atoms with Crippen molar-refractivity contribution in [3.8, 4) is 0 Å². The van der Waals surface area contributed by atoms with Gasteiger partial charge >= 0.3 is 0 Å². The van der Waals surface area contributed by atoms with E-state index in [1.807, 2.05) is 13.0 Å². The lowest BCUT2D eigenvalue weighted by Crippen LogP contribution is -2.14. The lowest BCUT2D eigenvalue weighted by atomic mass is 10.2. The average Bonchev–Trinajstić information content (AvgIpc) is 2.85. The molecule has 0 aliphatic carbocycles. The quantitative estimate of drug-likeness (QED) is 0.832. The molecular formula is C14H13BrN2O2S. The SMILES string of the molecule is Cc1ccc(C(=O)CCC(=O)Nc2ccc(Br)cn2)s1. The van der Waals surface area contributed by atoms with Gasteiger partial charge in [-0.3, -0.25) is 9.59 Å². The smallest absolute Gasteiger partial charge is 0.225 e. The molecular weight excluding hydrogens is 340 g/mol. The normalized spacial score (nSPS) is 10.3. The van der Waals surface area contributed by atoms with Crippen molar-refractivity contribution in [1.29, 1.82) is 0 Å². The van der Waals surface area contributed by atoms with Crippen LogP contribution < -0.4 is 5.32 Å². The largest absolute Gasteiger partial charge is 0.311 e. The number of halogens is 1. The first-order chi connectivity index (χ1) is 9.54. The second kappa shape index (κ2) is 6.76. The van der Waals surface area contributed by atoms with Crippen molar-refractivity contribution in [2.45, 2.75) is 19.8 Å². The molecule has 2 aromatic rings. The predicted molar refractivity (Wildman–Crippen MR) is 83.2 cm³/mol. The van der Waals surface area contributed by atoms with Crippen LogP contribution in [0, 0.1) is 6.92 Å². The van der Waals surface area contributed by atoms with Gasteiger partial charge in [-0.25, -0.2) is 4.98 Å². The number of carbonyl (C=O) groups excluding carboxylic acids is 2. The number of nitrogens with one attached hydrogen (secondary N) is 1. The molecule has 1 amide bonds. The summed E-state index contributed by atoms with van der Waals surface area (Å²) in [6, 6.07) is 7.20. The minimum absolute atomic E-state index is 0.00187. The molecule has 4 nitrogen and oxygen atoms in total. The van der Waals surface area contributed by atoms with Crippen molar-refractivity contribution in [2.24, 2.45) is 0 Å². The van der Waals surface area contributed by atoms with E-state index < -0.39 is 0 Å². The minimum atomic E-state index is -0.207. The number of nitrogens with zero attached hydrogens (tertiary/aromatic N) is 1. The molecule has 0 aliphatic heterocycles. The summed E-state index contributed by atoms with van der Waals surface area (Å²) < 4.78 is 0.846. The number of hydrogen-bond donors (Lipinski definition) is 1. The highest BCUT2D eigenvalue weighted by Crippen LogP contribution is 2.17. The van der Waals surface area contributed by atoms with E-state index in [0.29, 0.717) is 10.7 Å². The number of anilines is 1. The molecule has 0 unspecified atom stereocenters. The van der Waals surface area contributed by atoms with Crippen LogP contribution in [0.3, 0.4) is 0 Å². The summed E-state index contributed by atoms with van der Waals surface area (Å²) in [6.45, 7) is 1.95. The van der Waals surface area contributed by atoms with Crippen LogP contribution in [0.15, 0.2) is 34.9 Å². The molecule has 0 bridgehead atoms. The van der Waals surface area contributed by atoms with Crippen LogP contribution in [-0.2, 0) is 4.79 Å². The monoisotopic (exact) mass is 352 g/mol. The van der Waals surface area contributed by atoms with Gasteiger partial charge in [0.1, 0.15) is 5.82 Å². The van der Waals surface area contributed by atoms with Crippen molar-refractivity contribution in [3.05, 3.63) is 44.7 Å². The number of pyridine rings is 1. The van der Waals surface area contributed by atoms with Gasteiger partial charge in [-0.2, -0.15) is 0 Å². The predicted octanol–water partition coefficient (Wildman–Crippen LogP) is 3.82. The minimum Gasteiger partial charge on any atom is -0.311 e. The molecule has 0 radical (unpaired) electrons. The molecule has 0 aliphatic rings. The van der Waals surface area contributed by atoms with Crippen LogP contribution in [-0.4, -0.2) is 16.7 Å². The number of aryl methyl sites for hydroxylation is 1. The van der Waals surface area contributed by atoms with Crippen molar-refractivity contribution >= 4 is 44.8 Å². The number of aromatic nitrogens is 1. The Hall–Kier alpha value is -1.53. The molecule has 20 heavy (non-hydrogen) atoms. The molecule has 0 aromatic carbocycles. The number of carbonyl (C=O) groups is 2. The second-order valence-corrected chi connectivity index (χ2v) is 6.45. The van der Waals surface area contributed by atoms with Crippen LogP contribution >= 0.6 is 27.3 Å². The summed E-state index contributed by atoms with van der Waals surface area (Å²) in [6.07, 6.45) is 1.98. The van der Waals surface area contributed by atoms with Gasteiger partial charge in [0.2, 0.25) is 5.91 Å². The fourth-order valence-corrected chi connectivity index (χ4v) is 2.66. The van der Waals surface area contributed by atoms with Crippen molar-refractivity contribution in [2.75, 3.05) is 5.32 Å².